The second-order valence-corrected chi connectivity index (χ2v) is 23.9. The van der Waals surface area contributed by atoms with Crippen molar-refractivity contribution in [3.63, 3.8) is 0 Å². The maximum atomic E-state index is 10.6. The molecule has 6 aliphatic carbocycles. The number of rotatable bonds is 13. The Balaban J connectivity index is -0.000000222. The molecule has 0 amide bonds. The van der Waals surface area contributed by atoms with Crippen LogP contribution >= 0.6 is 0 Å². The van der Waals surface area contributed by atoms with E-state index in [9.17, 15) is 5.11 Å². The van der Waals surface area contributed by atoms with Crippen LogP contribution in [0.25, 0.3) is 0 Å². The molecular weight excluding hydrogens is 1340 g/mol. The first kappa shape index (κ1) is 105. The van der Waals surface area contributed by atoms with Crippen LogP contribution < -0.4 is 14.2 Å². The quantitative estimate of drug-likeness (QED) is 0.0686. The van der Waals surface area contributed by atoms with Gasteiger partial charge in [-0.1, -0.05) is 78.7 Å². The molecule has 11 rings (SSSR count). The summed E-state index contributed by atoms with van der Waals surface area (Å²) in [4.78, 5) is 0. The number of allylic oxidation sites excluding steroid dienone is 2. The third-order valence-electron chi connectivity index (χ3n) is 18.3. The molecule has 5 aromatic rings. The molecule has 1 N–H and O–H groups in total. The van der Waals surface area contributed by atoms with Crippen molar-refractivity contribution in [2.24, 2.45) is 0 Å². The van der Waals surface area contributed by atoms with Crippen molar-refractivity contribution in [2.45, 2.75) is 197 Å². The van der Waals surface area contributed by atoms with E-state index in [2.05, 4.69) is 192 Å². The van der Waals surface area contributed by atoms with Crippen LogP contribution in [0.15, 0.2) is 121 Å². The first-order valence-corrected chi connectivity index (χ1v) is 29.8. The van der Waals surface area contributed by atoms with Crippen LogP contribution in [0.3, 0.4) is 0 Å². The van der Waals surface area contributed by atoms with Crippen LogP contribution in [0.5, 0.6) is 17.2 Å². The van der Waals surface area contributed by atoms with Gasteiger partial charge in [-0.2, -0.15) is 0 Å². The minimum Gasteiger partial charge on any atom is -0.358 e. The molecule has 0 saturated carbocycles. The molecule has 5 aromatic carbocycles. The number of benzene rings is 5. The van der Waals surface area contributed by atoms with Crippen LogP contribution in [-0.4, -0.2) is 26.4 Å². The summed E-state index contributed by atoms with van der Waals surface area (Å²) in [6.45, 7) is 60.5. The van der Waals surface area contributed by atoms with Gasteiger partial charge in [-0.05, 0) is 269 Å². The van der Waals surface area contributed by atoms with E-state index in [0.29, 0.717) is 30.3 Å². The van der Waals surface area contributed by atoms with Gasteiger partial charge in [-0.15, -0.1) is 13.2 Å². The third kappa shape index (κ3) is 28.7. The van der Waals surface area contributed by atoms with Gasteiger partial charge in [0.2, 0.25) is 0 Å². The average Bonchev–Trinajstić information content (AvgIpc) is 0.756. The molecule has 0 bridgehead atoms. The second-order valence-electron chi connectivity index (χ2n) is 23.9. The Bertz CT molecular complexity index is 3000. The first-order valence-electron chi connectivity index (χ1n) is 29.8. The molecule has 520 valence electrons. The number of hydrogen-bond acceptors (Lipinski definition) is 5. The molecule has 17 heteroatoms. The Hall–Kier alpha value is -5.84. The molecule has 0 fully saturated rings. The maximum absolute atomic E-state index is 10.6. The predicted molar refractivity (Wildman–Crippen MR) is 356 cm³/mol. The molecule has 0 saturated heterocycles. The van der Waals surface area contributed by atoms with Crippen LogP contribution in [0, 0.1) is 82.1 Å². The second kappa shape index (κ2) is 56.0. The summed E-state index contributed by atoms with van der Waals surface area (Å²) < 4.78 is 90.9. The Labute approximate surface area is 613 Å². The SMILES string of the molecule is C=C(C)C[C@H]1CC[C@H]2CC[C@](C)(CCc3ccccc3)c3cc(OC)cc1c32.C=C(C)C[C@H]1CC[C@H]2CC[C@](C)(OCc3ccccc3)c3cc(OC)cc1c32.COc1cc2c3c(c1)[C@@](C)(O)CC[C@@H]3CCC2.[C-]#[O+].[C-]#[O+].[C-]#[O+].[C-]#[O+].[C-]#[O+].[C-]#[O+].[C-]#[O+].[C-]#[O+].[C-]#[O+].[CH3-].[CH3-].[CH3-].[Cr].[Cr].[Cr]. The Morgan fingerprint density at radius 1 is 0.474 bits per heavy atom. The van der Waals surface area contributed by atoms with E-state index in [1.807, 2.05) is 20.1 Å². The summed E-state index contributed by atoms with van der Waals surface area (Å²) in [7, 11) is 5.28. The van der Waals surface area contributed by atoms with Gasteiger partial charge in [0.25, 0.3) is 0 Å². The van der Waals surface area contributed by atoms with Gasteiger partial charge in [0.15, 0.2) is 0 Å². The van der Waals surface area contributed by atoms with Gasteiger partial charge in [-0.3, -0.25) is 0 Å². The first-order chi connectivity index (χ1) is 44.1. The molecule has 0 aromatic heterocycles. The molecule has 0 radical (unpaired) electrons. The van der Waals surface area contributed by atoms with Crippen LogP contribution in [0.4, 0.5) is 0 Å². The zero-order valence-corrected chi connectivity index (χ0v) is 62.1. The number of hydrogen-bond donors (Lipinski definition) is 1. The van der Waals surface area contributed by atoms with Crippen LogP contribution in [0.1, 0.15) is 222 Å². The predicted octanol–water partition coefficient (Wildman–Crippen LogP) is 18.3. The van der Waals surface area contributed by atoms with E-state index in [4.69, 9.17) is 60.8 Å². The Kier molecular flexibility index (Phi) is 60.4. The fourth-order valence-electron chi connectivity index (χ4n) is 14.3. The van der Waals surface area contributed by atoms with Crippen LogP contribution in [0.2, 0.25) is 0 Å². The fraction of sp³-hybridized carbons (Fsp3) is 0.425. The summed E-state index contributed by atoms with van der Waals surface area (Å²) in [6.07, 6.45) is 20.2. The third-order valence-corrected chi connectivity index (χ3v) is 18.3. The van der Waals surface area contributed by atoms with Gasteiger partial charge >= 0.3 is 102 Å². The zero-order valence-electron chi connectivity index (χ0n) is 58.2. The van der Waals surface area contributed by atoms with Gasteiger partial charge in [0.1, 0.15) is 17.2 Å². The van der Waals surface area contributed by atoms with Gasteiger partial charge < -0.3 is 46.3 Å². The molecule has 8 atom stereocenters. The topological polar surface area (TPSA) is 236 Å². The van der Waals surface area contributed by atoms with Crippen molar-refractivity contribution < 1.29 is 118 Å². The van der Waals surface area contributed by atoms with Crippen molar-refractivity contribution in [1.29, 1.82) is 0 Å². The molecule has 6 aliphatic rings. The molecule has 0 unspecified atom stereocenters. The van der Waals surface area contributed by atoms with Crippen molar-refractivity contribution in [3.8, 4) is 17.2 Å². The van der Waals surface area contributed by atoms with E-state index in [0.717, 1.165) is 73.7 Å². The standard InChI is InChI=1S/C27H34O.C26H32O2.C15H20O2.9CO.3CH3.3Cr/c1-19(2)16-22-11-10-21-13-15-27(3,14-12-20-8-6-5-7-9-20)25-18-23(28-4)17-24(22)26(21)25;1-18(2)14-21-11-10-20-12-13-26(3,28-17-19-8-6-5-7-9-19)24-16-22(27-4)15-23(21)25(20)24;1-15(16)7-6-10-4-3-5-11-8-12(17-2)9-13(15)14(10)11;9*1-2;;;;;;/h5-9,17-18,21-22H,1,10-16H2,2-4H3;5-9,15-16,20-21H,1,10-14,17H2,2-4H3;8-10,16H,3-7H2,1-2H3;;;;;;;;;;3*1H3;;;/q;;;;;;;;;;;;3*-1;;;/t21-,22+,27-;20-,21+,26-;10-,15-;;;;;;;;;;;;;;;/m000.............../s1. The normalized spacial score (nSPS) is 20.5. The summed E-state index contributed by atoms with van der Waals surface area (Å²) in [5.41, 5.74) is 17.6. The molecular formula is C80H95Cr3O14-3. The summed E-state index contributed by atoms with van der Waals surface area (Å²) >= 11 is 0. The summed E-state index contributed by atoms with van der Waals surface area (Å²) in [6, 6.07) is 34.8. The summed E-state index contributed by atoms with van der Waals surface area (Å²) in [5, 5.41) is 10.6. The maximum Gasteiger partial charge on any atom is 0 e. The largest absolute Gasteiger partial charge is 0.358 e. The number of methoxy groups -OCH3 is 3. The number of ether oxygens (including phenoxy) is 4. The average molecular weight is 1440 g/mol. The zero-order chi connectivity index (χ0) is 69.5. The van der Waals surface area contributed by atoms with Crippen molar-refractivity contribution in [1.82, 2.24) is 0 Å². The monoisotopic (exact) mass is 1440 g/mol. The van der Waals surface area contributed by atoms with E-state index >= 15 is 0 Å². The van der Waals surface area contributed by atoms with E-state index < -0.39 is 5.60 Å². The molecule has 97 heavy (non-hydrogen) atoms. The molecule has 0 aliphatic heterocycles. The smallest absolute Gasteiger partial charge is 0 e. The van der Waals surface area contributed by atoms with E-state index in [1.54, 1.807) is 36.5 Å². The van der Waals surface area contributed by atoms with Gasteiger partial charge in [-0.25, -0.2) is 0 Å². The van der Waals surface area contributed by atoms with Gasteiger partial charge in [0.05, 0.1) is 39.1 Å². The molecule has 0 heterocycles. The van der Waals surface area contributed by atoms with Crippen LogP contribution in [-0.2, 0) is 135 Å². The fourth-order valence-corrected chi connectivity index (χ4v) is 14.3. The summed E-state index contributed by atoms with van der Waals surface area (Å²) in [5.74, 6) is 6.10. The van der Waals surface area contributed by atoms with E-state index in [1.165, 1.54) is 109 Å². The minimum atomic E-state index is -0.674. The van der Waals surface area contributed by atoms with E-state index in [-0.39, 0.29) is 85.4 Å². The minimum absolute atomic E-state index is 0. The van der Waals surface area contributed by atoms with Crippen molar-refractivity contribution in [3.05, 3.63) is 265 Å². The van der Waals surface area contributed by atoms with Crippen molar-refractivity contribution >= 4 is 0 Å². The number of aliphatic hydroxyl groups is 1. The Morgan fingerprint density at radius 3 is 1.30 bits per heavy atom. The molecule has 0 spiro atoms. The number of aryl methyl sites for hydroxylation is 2. The Morgan fingerprint density at radius 2 is 0.856 bits per heavy atom. The van der Waals surface area contributed by atoms with Crippen molar-refractivity contribution in [2.75, 3.05) is 21.3 Å². The van der Waals surface area contributed by atoms with Gasteiger partial charge in [0, 0.05) is 52.1 Å². The molecule has 14 nitrogen and oxygen atoms in total.